The predicted octanol–water partition coefficient (Wildman–Crippen LogP) is 1.54. The summed E-state index contributed by atoms with van der Waals surface area (Å²) in [5.74, 6) is 0. The molecule has 7 heteroatoms. The third-order valence-electron chi connectivity index (χ3n) is 2.25. The highest BCUT2D eigenvalue weighted by atomic mass is 35.5. The van der Waals surface area contributed by atoms with Gasteiger partial charge < -0.3 is 0 Å². The van der Waals surface area contributed by atoms with Gasteiger partial charge in [-0.05, 0) is 6.07 Å². The lowest BCUT2D eigenvalue weighted by molar-refractivity contribution is 0.602. The third kappa shape index (κ3) is 2.32. The SMILES string of the molecule is Cn1cc(-c2ccnc(Cl)c2S(C)(=O)=O)cn1. The van der Waals surface area contributed by atoms with Gasteiger partial charge in [-0.3, -0.25) is 4.68 Å². The van der Waals surface area contributed by atoms with Gasteiger partial charge in [-0.25, -0.2) is 13.4 Å². The van der Waals surface area contributed by atoms with Gasteiger partial charge in [0.2, 0.25) is 0 Å². The lowest BCUT2D eigenvalue weighted by Crippen LogP contribution is -2.02. The van der Waals surface area contributed by atoms with Gasteiger partial charge in [0.15, 0.2) is 9.84 Å². The molecule has 0 atom stereocenters. The van der Waals surface area contributed by atoms with Crippen LogP contribution in [0.2, 0.25) is 5.15 Å². The second kappa shape index (κ2) is 4.12. The van der Waals surface area contributed by atoms with Gasteiger partial charge in [-0.2, -0.15) is 5.10 Å². The summed E-state index contributed by atoms with van der Waals surface area (Å²) < 4.78 is 25.0. The van der Waals surface area contributed by atoms with Gasteiger partial charge in [-0.1, -0.05) is 11.6 Å². The highest BCUT2D eigenvalue weighted by Crippen LogP contribution is 2.30. The standard InChI is InChI=1S/C10H10ClN3O2S/c1-14-6-7(5-13-14)8-3-4-12-10(11)9(8)17(2,15)16/h3-6H,1-2H3. The van der Waals surface area contributed by atoms with Crippen molar-refractivity contribution in [3.63, 3.8) is 0 Å². The molecule has 0 fully saturated rings. The Morgan fingerprint density at radius 1 is 1.41 bits per heavy atom. The van der Waals surface area contributed by atoms with Crippen LogP contribution in [0.3, 0.4) is 0 Å². The topological polar surface area (TPSA) is 64.8 Å². The van der Waals surface area contributed by atoms with Crippen LogP contribution in [0, 0.1) is 0 Å². The minimum absolute atomic E-state index is 0.0196. The fourth-order valence-electron chi connectivity index (χ4n) is 1.56. The van der Waals surface area contributed by atoms with Crippen LogP contribution in [0.5, 0.6) is 0 Å². The maximum absolute atomic E-state index is 11.7. The van der Waals surface area contributed by atoms with Gasteiger partial charge in [-0.15, -0.1) is 0 Å². The molecule has 0 aliphatic rings. The van der Waals surface area contributed by atoms with E-state index in [1.165, 1.54) is 6.20 Å². The number of nitrogens with zero attached hydrogens (tertiary/aromatic N) is 3. The summed E-state index contributed by atoms with van der Waals surface area (Å²) in [6.45, 7) is 0. The summed E-state index contributed by atoms with van der Waals surface area (Å²) in [5, 5.41) is 3.98. The summed E-state index contributed by atoms with van der Waals surface area (Å²) in [6, 6.07) is 1.61. The first kappa shape index (κ1) is 12.1. The van der Waals surface area contributed by atoms with E-state index in [9.17, 15) is 8.42 Å². The van der Waals surface area contributed by atoms with Crippen LogP contribution in [-0.4, -0.2) is 29.4 Å². The van der Waals surface area contributed by atoms with Crippen LogP contribution in [-0.2, 0) is 16.9 Å². The van der Waals surface area contributed by atoms with Crippen molar-refractivity contribution in [3.8, 4) is 11.1 Å². The Morgan fingerprint density at radius 2 is 2.12 bits per heavy atom. The molecule has 0 bridgehead atoms. The fraction of sp³-hybridized carbons (Fsp3) is 0.200. The normalized spacial score (nSPS) is 11.7. The number of hydrogen-bond donors (Lipinski definition) is 0. The number of rotatable bonds is 2. The first-order valence-electron chi connectivity index (χ1n) is 4.73. The zero-order chi connectivity index (χ0) is 12.6. The van der Waals surface area contributed by atoms with E-state index in [0.29, 0.717) is 11.1 Å². The van der Waals surface area contributed by atoms with E-state index >= 15 is 0 Å². The molecule has 0 aliphatic heterocycles. The molecule has 2 heterocycles. The molecule has 17 heavy (non-hydrogen) atoms. The molecule has 2 aromatic heterocycles. The lowest BCUT2D eigenvalue weighted by Gasteiger charge is -2.06. The molecule has 2 rings (SSSR count). The van der Waals surface area contributed by atoms with Crippen molar-refractivity contribution < 1.29 is 8.42 Å². The lowest BCUT2D eigenvalue weighted by atomic mass is 10.1. The number of halogens is 1. The molecule has 5 nitrogen and oxygen atoms in total. The van der Waals surface area contributed by atoms with Crippen molar-refractivity contribution in [2.75, 3.05) is 6.26 Å². The summed E-state index contributed by atoms with van der Waals surface area (Å²) in [5.41, 5.74) is 1.21. The number of pyridine rings is 1. The molecule has 0 unspecified atom stereocenters. The third-order valence-corrected chi connectivity index (χ3v) is 3.80. The number of aromatic nitrogens is 3. The molecular weight excluding hydrogens is 262 g/mol. The van der Waals surface area contributed by atoms with Gasteiger partial charge >= 0.3 is 0 Å². The molecule has 2 aromatic rings. The van der Waals surface area contributed by atoms with Crippen molar-refractivity contribution >= 4 is 21.4 Å². The first-order chi connectivity index (χ1) is 7.89. The highest BCUT2D eigenvalue weighted by molar-refractivity contribution is 7.91. The van der Waals surface area contributed by atoms with Gasteiger partial charge in [0, 0.05) is 36.8 Å². The fourth-order valence-corrected chi connectivity index (χ4v) is 3.09. The van der Waals surface area contributed by atoms with Gasteiger partial charge in [0.1, 0.15) is 10.0 Å². The maximum Gasteiger partial charge on any atom is 0.179 e. The smallest absolute Gasteiger partial charge is 0.179 e. The Kier molecular flexibility index (Phi) is 2.92. The molecule has 0 amide bonds. The van der Waals surface area contributed by atoms with Gasteiger partial charge in [0.05, 0.1) is 6.20 Å². The summed E-state index contributed by atoms with van der Waals surface area (Å²) in [6.07, 6.45) is 5.88. The van der Waals surface area contributed by atoms with Crippen molar-refractivity contribution in [1.29, 1.82) is 0 Å². The zero-order valence-corrected chi connectivity index (χ0v) is 10.8. The Bertz CT molecular complexity index is 664. The van der Waals surface area contributed by atoms with Crippen molar-refractivity contribution in [3.05, 3.63) is 29.8 Å². The molecular formula is C10H10ClN3O2S. The molecule has 0 aromatic carbocycles. The molecule has 0 saturated heterocycles. The molecule has 90 valence electrons. The Hall–Kier alpha value is -1.40. The summed E-state index contributed by atoms with van der Waals surface area (Å²) >= 11 is 5.85. The van der Waals surface area contributed by atoms with Crippen LogP contribution in [0.25, 0.3) is 11.1 Å². The van der Waals surface area contributed by atoms with Crippen molar-refractivity contribution in [2.45, 2.75) is 4.90 Å². The summed E-state index contributed by atoms with van der Waals surface area (Å²) in [7, 11) is -1.68. The van der Waals surface area contributed by atoms with E-state index in [4.69, 9.17) is 11.6 Å². The average Bonchev–Trinajstić information content (AvgIpc) is 2.62. The quantitative estimate of drug-likeness (QED) is 0.777. The number of hydrogen-bond acceptors (Lipinski definition) is 4. The van der Waals surface area contributed by atoms with Crippen LogP contribution >= 0.6 is 11.6 Å². The summed E-state index contributed by atoms with van der Waals surface area (Å²) in [4.78, 5) is 3.83. The minimum Gasteiger partial charge on any atom is -0.275 e. The zero-order valence-electron chi connectivity index (χ0n) is 9.25. The van der Waals surface area contributed by atoms with E-state index in [-0.39, 0.29) is 10.0 Å². The van der Waals surface area contributed by atoms with Crippen LogP contribution in [0.4, 0.5) is 0 Å². The van der Waals surface area contributed by atoms with Crippen molar-refractivity contribution in [1.82, 2.24) is 14.8 Å². The van der Waals surface area contributed by atoms with Crippen LogP contribution in [0.1, 0.15) is 0 Å². The molecule has 0 saturated carbocycles. The number of sulfone groups is 1. The average molecular weight is 272 g/mol. The molecule has 0 N–H and O–H groups in total. The van der Waals surface area contributed by atoms with Crippen molar-refractivity contribution in [2.24, 2.45) is 7.05 Å². The molecule has 0 aliphatic carbocycles. The molecule has 0 spiro atoms. The van der Waals surface area contributed by atoms with E-state index in [2.05, 4.69) is 10.1 Å². The Morgan fingerprint density at radius 3 is 2.65 bits per heavy atom. The van der Waals surface area contributed by atoms with E-state index < -0.39 is 9.84 Å². The minimum atomic E-state index is -3.43. The second-order valence-corrected chi connectivity index (χ2v) is 5.96. The Labute approximate surface area is 104 Å². The highest BCUT2D eigenvalue weighted by Gasteiger charge is 2.20. The molecule has 0 radical (unpaired) electrons. The Balaban J connectivity index is 2.75. The number of aryl methyl sites for hydroxylation is 1. The second-order valence-electron chi connectivity index (χ2n) is 3.65. The predicted molar refractivity (Wildman–Crippen MR) is 64.6 cm³/mol. The van der Waals surface area contributed by atoms with E-state index in [1.807, 2.05) is 0 Å². The van der Waals surface area contributed by atoms with Gasteiger partial charge in [0.25, 0.3) is 0 Å². The van der Waals surface area contributed by atoms with Crippen LogP contribution < -0.4 is 0 Å². The van der Waals surface area contributed by atoms with E-state index in [1.54, 1.807) is 30.2 Å². The monoisotopic (exact) mass is 271 g/mol. The first-order valence-corrected chi connectivity index (χ1v) is 7.00. The van der Waals surface area contributed by atoms with Crippen LogP contribution in [0.15, 0.2) is 29.6 Å². The van der Waals surface area contributed by atoms with E-state index in [0.717, 1.165) is 6.26 Å². The largest absolute Gasteiger partial charge is 0.275 e. The maximum atomic E-state index is 11.7.